The number of benzene rings is 2. The quantitative estimate of drug-likeness (QED) is 0.499. The summed E-state index contributed by atoms with van der Waals surface area (Å²) >= 11 is 0. The molecule has 4 heteroatoms. The van der Waals surface area contributed by atoms with Crippen LogP contribution in [0.25, 0.3) is 0 Å². The van der Waals surface area contributed by atoms with E-state index in [2.05, 4.69) is 39.8 Å². The van der Waals surface area contributed by atoms with Crippen molar-refractivity contribution < 1.29 is 9.47 Å². The molecule has 0 fully saturated rings. The topological polar surface area (TPSA) is 66.0 Å². The molecule has 0 unspecified atom stereocenters. The van der Waals surface area contributed by atoms with Crippen molar-refractivity contribution in [1.82, 2.24) is 0 Å². The molecule has 0 bridgehead atoms. The Morgan fingerprint density at radius 3 is 1.31 bits per heavy atom. The van der Waals surface area contributed by atoms with Crippen molar-refractivity contribution in [2.24, 2.45) is 0 Å². The van der Waals surface area contributed by atoms with Crippen molar-refractivity contribution >= 4 is 0 Å². The second kappa shape index (κ2) is 9.99. The normalized spacial score (nSPS) is 11.4. The molecule has 2 rings (SSSR count). The third-order valence-corrected chi connectivity index (χ3v) is 4.54. The second-order valence-corrected chi connectivity index (χ2v) is 8.50. The number of nitriles is 2. The zero-order chi connectivity index (χ0) is 21.3. The Morgan fingerprint density at radius 2 is 1.00 bits per heavy atom. The molecule has 0 aliphatic carbocycles. The smallest absolute Gasteiger partial charge is 0.120 e. The minimum Gasteiger partial charge on any atom is -0.488 e. The molecule has 0 N–H and O–H groups in total. The van der Waals surface area contributed by atoms with Gasteiger partial charge in [0.2, 0.25) is 0 Å². The largest absolute Gasteiger partial charge is 0.488 e. The summed E-state index contributed by atoms with van der Waals surface area (Å²) in [5, 5.41) is 17.4. The van der Waals surface area contributed by atoms with Crippen molar-refractivity contribution in [1.29, 1.82) is 10.5 Å². The van der Waals surface area contributed by atoms with Crippen molar-refractivity contribution in [2.45, 2.75) is 71.0 Å². The Balaban J connectivity index is 1.95. The number of rotatable bonds is 10. The monoisotopic (exact) mass is 390 g/mol. The molecule has 0 heterocycles. The Morgan fingerprint density at radius 1 is 0.655 bits per heavy atom. The van der Waals surface area contributed by atoms with Crippen molar-refractivity contribution in [2.75, 3.05) is 0 Å². The summed E-state index contributed by atoms with van der Waals surface area (Å²) in [5.74, 6) is 1.63. The van der Waals surface area contributed by atoms with Gasteiger partial charge in [-0.15, -0.1) is 0 Å². The van der Waals surface area contributed by atoms with Gasteiger partial charge in [0.25, 0.3) is 0 Å². The number of hydrogen-bond donors (Lipinski definition) is 0. The van der Waals surface area contributed by atoms with E-state index in [1.165, 1.54) is 0 Å². The van der Waals surface area contributed by atoms with Crippen LogP contribution in [0.15, 0.2) is 48.5 Å². The first-order valence-electron chi connectivity index (χ1n) is 10.0. The lowest BCUT2D eigenvalue weighted by atomic mass is 9.92. The van der Waals surface area contributed by atoms with Gasteiger partial charge in [0.1, 0.15) is 22.7 Å². The fourth-order valence-corrected chi connectivity index (χ4v) is 3.58. The van der Waals surface area contributed by atoms with E-state index in [9.17, 15) is 0 Å². The fourth-order valence-electron chi connectivity index (χ4n) is 3.58. The summed E-state index contributed by atoms with van der Waals surface area (Å²) in [7, 11) is 0. The van der Waals surface area contributed by atoms with Gasteiger partial charge in [0.15, 0.2) is 0 Å². The van der Waals surface area contributed by atoms with Crippen molar-refractivity contribution in [3.8, 4) is 23.6 Å². The lowest BCUT2D eigenvalue weighted by molar-refractivity contribution is 0.00503. The summed E-state index contributed by atoms with van der Waals surface area (Å²) in [6.07, 6.45) is 3.27. The first kappa shape index (κ1) is 22.3. The number of nitrogens with zero attached hydrogens (tertiary/aromatic N) is 2. The molecular weight excluding hydrogens is 360 g/mol. The maximum absolute atomic E-state index is 8.70. The van der Waals surface area contributed by atoms with Crippen LogP contribution in [0.1, 0.15) is 58.1 Å². The van der Waals surface area contributed by atoms with Crippen LogP contribution >= 0.6 is 0 Å². The summed E-state index contributed by atoms with van der Waals surface area (Å²) in [6.45, 7) is 8.25. The van der Waals surface area contributed by atoms with Gasteiger partial charge in [-0.3, -0.25) is 0 Å². The molecule has 4 nitrogen and oxygen atoms in total. The summed E-state index contributed by atoms with van der Waals surface area (Å²) in [4.78, 5) is 0. The molecule has 0 aliphatic heterocycles. The van der Waals surface area contributed by atoms with Crippen LogP contribution in [0, 0.1) is 22.7 Å². The van der Waals surface area contributed by atoms with Gasteiger partial charge in [0.05, 0.1) is 12.1 Å². The van der Waals surface area contributed by atoms with Gasteiger partial charge < -0.3 is 9.47 Å². The summed E-state index contributed by atoms with van der Waals surface area (Å²) in [5.41, 5.74) is 1.45. The highest BCUT2D eigenvalue weighted by Gasteiger charge is 2.32. The average Bonchev–Trinajstić information content (AvgIpc) is 2.65. The predicted octanol–water partition coefficient (Wildman–Crippen LogP) is 6.00. The van der Waals surface area contributed by atoms with Crippen molar-refractivity contribution in [3.63, 3.8) is 0 Å². The Labute approximate surface area is 174 Å². The Hall–Kier alpha value is -2.98. The maximum Gasteiger partial charge on any atom is 0.120 e. The summed E-state index contributed by atoms with van der Waals surface area (Å²) < 4.78 is 12.4. The van der Waals surface area contributed by atoms with E-state index in [-0.39, 0.29) is 0 Å². The molecule has 2 aromatic rings. The standard InChI is InChI=1S/C25H30N2O2/c1-24(2,28-22-13-9-20(10-14-22)7-5-17-26)19-25(3,4)29-23-15-11-21(12-16-23)8-6-18-27/h9-16H,5-8,19H2,1-4H3. The van der Waals surface area contributed by atoms with Gasteiger partial charge in [-0.2, -0.15) is 10.5 Å². The van der Waals surface area contributed by atoms with E-state index < -0.39 is 11.2 Å². The van der Waals surface area contributed by atoms with E-state index in [0.717, 1.165) is 35.5 Å². The number of hydrogen-bond acceptors (Lipinski definition) is 4. The average molecular weight is 391 g/mol. The molecule has 0 amide bonds. The van der Waals surface area contributed by atoms with E-state index in [4.69, 9.17) is 20.0 Å². The minimum atomic E-state index is -0.412. The van der Waals surface area contributed by atoms with Crippen LogP contribution < -0.4 is 9.47 Å². The molecule has 0 saturated heterocycles. The molecule has 2 aromatic carbocycles. The number of aryl methyl sites for hydroxylation is 2. The lowest BCUT2D eigenvalue weighted by Gasteiger charge is -2.35. The lowest BCUT2D eigenvalue weighted by Crippen LogP contribution is -2.41. The molecule has 0 aliphatic rings. The van der Waals surface area contributed by atoms with Gasteiger partial charge in [-0.1, -0.05) is 24.3 Å². The minimum absolute atomic E-state index is 0.412. The van der Waals surface area contributed by atoms with E-state index in [1.54, 1.807) is 0 Å². The van der Waals surface area contributed by atoms with Gasteiger partial charge >= 0.3 is 0 Å². The number of ether oxygens (including phenoxy) is 2. The molecule has 29 heavy (non-hydrogen) atoms. The molecule has 0 spiro atoms. The van der Waals surface area contributed by atoms with E-state index in [1.807, 2.05) is 48.5 Å². The summed E-state index contributed by atoms with van der Waals surface area (Å²) in [6, 6.07) is 20.2. The first-order chi connectivity index (χ1) is 13.7. The first-order valence-corrected chi connectivity index (χ1v) is 10.0. The highest BCUT2D eigenvalue weighted by Crippen LogP contribution is 2.30. The Bertz CT molecular complexity index is 780. The second-order valence-electron chi connectivity index (χ2n) is 8.50. The highest BCUT2D eigenvalue weighted by molar-refractivity contribution is 5.29. The van der Waals surface area contributed by atoms with Crippen molar-refractivity contribution in [3.05, 3.63) is 59.7 Å². The van der Waals surface area contributed by atoms with Crippen LogP contribution in [-0.4, -0.2) is 11.2 Å². The molecule has 0 atom stereocenters. The zero-order valence-electron chi connectivity index (χ0n) is 17.9. The molecule has 0 saturated carbocycles. The van der Waals surface area contributed by atoms with Crippen LogP contribution in [0.4, 0.5) is 0 Å². The van der Waals surface area contributed by atoms with E-state index in [0.29, 0.717) is 19.3 Å². The fraction of sp³-hybridized carbons (Fsp3) is 0.440. The third-order valence-electron chi connectivity index (χ3n) is 4.54. The maximum atomic E-state index is 8.70. The van der Waals surface area contributed by atoms with E-state index >= 15 is 0 Å². The Kier molecular flexibility index (Phi) is 7.68. The SMILES string of the molecule is CC(C)(CC(C)(C)Oc1ccc(CCC#N)cc1)Oc1ccc(CCC#N)cc1. The molecule has 152 valence electrons. The zero-order valence-corrected chi connectivity index (χ0v) is 17.9. The van der Waals surface area contributed by atoms with Crippen LogP contribution in [-0.2, 0) is 12.8 Å². The molecular formula is C25H30N2O2. The van der Waals surface area contributed by atoms with Crippen LogP contribution in [0.3, 0.4) is 0 Å². The van der Waals surface area contributed by atoms with Crippen LogP contribution in [0.2, 0.25) is 0 Å². The predicted molar refractivity (Wildman–Crippen MR) is 115 cm³/mol. The molecule has 0 radical (unpaired) electrons. The van der Waals surface area contributed by atoms with Crippen LogP contribution in [0.5, 0.6) is 11.5 Å². The van der Waals surface area contributed by atoms with Gasteiger partial charge in [-0.25, -0.2) is 0 Å². The molecule has 0 aromatic heterocycles. The van der Waals surface area contributed by atoms with Gasteiger partial charge in [0, 0.05) is 19.3 Å². The third kappa shape index (κ3) is 7.88. The highest BCUT2D eigenvalue weighted by atomic mass is 16.5. The van der Waals surface area contributed by atoms with Gasteiger partial charge in [-0.05, 0) is 75.9 Å².